The van der Waals surface area contributed by atoms with Crippen LogP contribution in [0, 0.1) is 0 Å². The molecule has 0 aliphatic rings. The highest BCUT2D eigenvalue weighted by Gasteiger charge is 2.12. The number of hydrogen-bond acceptors (Lipinski definition) is 4. The minimum absolute atomic E-state index is 0.285. The molecule has 0 unspecified atom stereocenters. The van der Waals surface area contributed by atoms with Crippen LogP contribution in [-0.2, 0) is 0 Å². The van der Waals surface area contributed by atoms with Crippen LogP contribution in [0.1, 0.15) is 24.3 Å². The number of nitrogens with one attached hydrogen (secondary N) is 1. The first-order valence-electron chi connectivity index (χ1n) is 6.88. The molecule has 5 nitrogen and oxygen atoms in total. The molecule has 0 atom stereocenters. The van der Waals surface area contributed by atoms with Gasteiger partial charge in [0.1, 0.15) is 17.8 Å². The van der Waals surface area contributed by atoms with Gasteiger partial charge < -0.3 is 10.2 Å². The van der Waals surface area contributed by atoms with Crippen molar-refractivity contribution >= 4 is 40.6 Å². The van der Waals surface area contributed by atoms with Gasteiger partial charge in [0.25, 0.3) is 5.91 Å². The van der Waals surface area contributed by atoms with Crippen molar-refractivity contribution in [3.8, 4) is 0 Å². The van der Waals surface area contributed by atoms with Crippen LogP contribution in [-0.4, -0.2) is 29.0 Å². The molecule has 0 saturated heterocycles. The summed E-state index contributed by atoms with van der Waals surface area (Å²) in [5.74, 6) is 0.378. The SMILES string of the molecule is CCN(CC)c1cc(C(=O)Nc2cc(Cl)cc(Cl)c2)ncn1. The van der Waals surface area contributed by atoms with Gasteiger partial charge in [0.2, 0.25) is 0 Å². The summed E-state index contributed by atoms with van der Waals surface area (Å²) < 4.78 is 0. The first-order chi connectivity index (χ1) is 10.5. The van der Waals surface area contributed by atoms with Crippen molar-refractivity contribution in [1.29, 1.82) is 0 Å². The van der Waals surface area contributed by atoms with E-state index in [1.807, 2.05) is 18.7 Å². The zero-order chi connectivity index (χ0) is 16.1. The zero-order valence-electron chi connectivity index (χ0n) is 12.3. The zero-order valence-corrected chi connectivity index (χ0v) is 13.8. The van der Waals surface area contributed by atoms with Crippen LogP contribution in [0.25, 0.3) is 0 Å². The Labute approximate surface area is 139 Å². The Kier molecular flexibility index (Phi) is 5.57. The summed E-state index contributed by atoms with van der Waals surface area (Å²) in [6.07, 6.45) is 1.38. The lowest BCUT2D eigenvalue weighted by Crippen LogP contribution is -2.24. The monoisotopic (exact) mass is 338 g/mol. The lowest BCUT2D eigenvalue weighted by Gasteiger charge is -2.19. The maximum Gasteiger partial charge on any atom is 0.274 e. The third-order valence-electron chi connectivity index (χ3n) is 3.09. The van der Waals surface area contributed by atoms with E-state index in [1.54, 1.807) is 24.3 Å². The second-order valence-electron chi connectivity index (χ2n) is 4.55. The summed E-state index contributed by atoms with van der Waals surface area (Å²) in [4.78, 5) is 22.5. The van der Waals surface area contributed by atoms with E-state index in [1.165, 1.54) is 6.33 Å². The molecule has 0 bridgehead atoms. The minimum atomic E-state index is -0.339. The fraction of sp³-hybridized carbons (Fsp3) is 0.267. The fourth-order valence-corrected chi connectivity index (χ4v) is 2.54. The molecule has 7 heteroatoms. The van der Waals surface area contributed by atoms with E-state index in [0.29, 0.717) is 21.6 Å². The van der Waals surface area contributed by atoms with Crippen LogP contribution in [0.5, 0.6) is 0 Å². The van der Waals surface area contributed by atoms with Gasteiger partial charge in [0.15, 0.2) is 0 Å². The molecule has 2 rings (SSSR count). The Hall–Kier alpha value is -1.85. The number of rotatable bonds is 5. The van der Waals surface area contributed by atoms with E-state index in [4.69, 9.17) is 23.2 Å². The van der Waals surface area contributed by atoms with Gasteiger partial charge in [-0.2, -0.15) is 0 Å². The maximum atomic E-state index is 12.3. The van der Waals surface area contributed by atoms with Crippen LogP contribution in [0.4, 0.5) is 11.5 Å². The van der Waals surface area contributed by atoms with Gasteiger partial charge in [0, 0.05) is 34.9 Å². The molecule has 1 heterocycles. The average Bonchev–Trinajstić information content (AvgIpc) is 2.47. The summed E-state index contributed by atoms with van der Waals surface area (Å²) in [5.41, 5.74) is 0.804. The molecule has 22 heavy (non-hydrogen) atoms. The third-order valence-corrected chi connectivity index (χ3v) is 3.53. The van der Waals surface area contributed by atoms with Crippen molar-refractivity contribution < 1.29 is 4.79 Å². The first kappa shape index (κ1) is 16.5. The molecule has 0 radical (unpaired) electrons. The van der Waals surface area contributed by atoms with Gasteiger partial charge in [-0.15, -0.1) is 0 Å². The van der Waals surface area contributed by atoms with Crippen molar-refractivity contribution in [2.75, 3.05) is 23.3 Å². The molecule has 0 spiro atoms. The molecular weight excluding hydrogens is 323 g/mol. The number of benzene rings is 1. The predicted molar refractivity (Wildman–Crippen MR) is 90.0 cm³/mol. The van der Waals surface area contributed by atoms with Gasteiger partial charge in [-0.3, -0.25) is 4.79 Å². The molecule has 0 aliphatic carbocycles. The van der Waals surface area contributed by atoms with Gasteiger partial charge in [0.05, 0.1) is 0 Å². The van der Waals surface area contributed by atoms with E-state index in [2.05, 4.69) is 15.3 Å². The number of amides is 1. The Morgan fingerprint density at radius 1 is 1.09 bits per heavy atom. The lowest BCUT2D eigenvalue weighted by molar-refractivity contribution is 0.102. The number of carbonyl (C=O) groups is 1. The standard InChI is InChI=1S/C15H16Cl2N4O/c1-3-21(4-2)14-8-13(18-9-19-14)15(22)20-12-6-10(16)5-11(17)7-12/h5-9H,3-4H2,1-2H3,(H,20,22). The van der Waals surface area contributed by atoms with Gasteiger partial charge >= 0.3 is 0 Å². The summed E-state index contributed by atoms with van der Waals surface area (Å²) in [6.45, 7) is 5.66. The maximum absolute atomic E-state index is 12.3. The number of halogens is 2. The Bertz CT molecular complexity index is 654. The lowest BCUT2D eigenvalue weighted by atomic mass is 10.3. The van der Waals surface area contributed by atoms with E-state index in [9.17, 15) is 4.79 Å². The summed E-state index contributed by atoms with van der Waals surface area (Å²) in [5, 5.41) is 3.63. The van der Waals surface area contributed by atoms with E-state index >= 15 is 0 Å². The first-order valence-corrected chi connectivity index (χ1v) is 7.63. The second-order valence-corrected chi connectivity index (χ2v) is 5.42. The van der Waals surface area contributed by atoms with Crippen LogP contribution in [0.15, 0.2) is 30.6 Å². The number of carbonyl (C=O) groups excluding carboxylic acids is 1. The number of hydrogen-bond donors (Lipinski definition) is 1. The highest BCUT2D eigenvalue weighted by Crippen LogP contribution is 2.23. The summed E-state index contributed by atoms with van der Waals surface area (Å²) in [7, 11) is 0. The average molecular weight is 339 g/mol. The van der Waals surface area contributed by atoms with Crippen molar-refractivity contribution in [3.63, 3.8) is 0 Å². The van der Waals surface area contributed by atoms with Gasteiger partial charge in [-0.25, -0.2) is 9.97 Å². The number of anilines is 2. The van der Waals surface area contributed by atoms with E-state index < -0.39 is 0 Å². The van der Waals surface area contributed by atoms with Crippen LogP contribution < -0.4 is 10.2 Å². The Balaban J connectivity index is 2.20. The molecule has 0 saturated carbocycles. The summed E-state index contributed by atoms with van der Waals surface area (Å²) in [6, 6.07) is 6.51. The molecule has 1 aromatic heterocycles. The minimum Gasteiger partial charge on any atom is -0.357 e. The van der Waals surface area contributed by atoms with Crippen LogP contribution in [0.3, 0.4) is 0 Å². The molecule has 1 N–H and O–H groups in total. The molecule has 0 fully saturated rings. The normalized spacial score (nSPS) is 10.4. The van der Waals surface area contributed by atoms with Gasteiger partial charge in [-0.1, -0.05) is 23.2 Å². The van der Waals surface area contributed by atoms with Crippen molar-refractivity contribution in [2.24, 2.45) is 0 Å². The van der Waals surface area contributed by atoms with E-state index in [0.717, 1.165) is 13.1 Å². The predicted octanol–water partition coefficient (Wildman–Crippen LogP) is 3.88. The molecular formula is C15H16Cl2N4O. The molecule has 1 amide bonds. The topological polar surface area (TPSA) is 58.1 Å². The fourth-order valence-electron chi connectivity index (χ4n) is 2.01. The molecule has 116 valence electrons. The second kappa shape index (κ2) is 7.42. The number of aromatic nitrogens is 2. The largest absolute Gasteiger partial charge is 0.357 e. The molecule has 1 aromatic carbocycles. The molecule has 2 aromatic rings. The Morgan fingerprint density at radius 2 is 1.73 bits per heavy atom. The van der Waals surface area contributed by atoms with E-state index in [-0.39, 0.29) is 11.6 Å². The van der Waals surface area contributed by atoms with Crippen LogP contribution in [0.2, 0.25) is 10.0 Å². The highest BCUT2D eigenvalue weighted by atomic mass is 35.5. The number of nitrogens with zero attached hydrogens (tertiary/aromatic N) is 3. The Morgan fingerprint density at radius 3 is 2.32 bits per heavy atom. The molecule has 0 aliphatic heterocycles. The smallest absolute Gasteiger partial charge is 0.274 e. The third kappa shape index (κ3) is 4.08. The van der Waals surface area contributed by atoms with Crippen molar-refractivity contribution in [1.82, 2.24) is 9.97 Å². The quantitative estimate of drug-likeness (QED) is 0.898. The van der Waals surface area contributed by atoms with Gasteiger partial charge in [-0.05, 0) is 32.0 Å². The summed E-state index contributed by atoms with van der Waals surface area (Å²) >= 11 is 11.8. The van der Waals surface area contributed by atoms with Crippen molar-refractivity contribution in [3.05, 3.63) is 46.3 Å². The van der Waals surface area contributed by atoms with Crippen molar-refractivity contribution in [2.45, 2.75) is 13.8 Å². The van der Waals surface area contributed by atoms with Crippen LogP contribution >= 0.6 is 23.2 Å². The highest BCUT2D eigenvalue weighted by molar-refractivity contribution is 6.35.